The lowest BCUT2D eigenvalue weighted by atomic mass is 10.0. The first-order chi connectivity index (χ1) is 13.5. The lowest BCUT2D eigenvalue weighted by Crippen LogP contribution is -2.33. The third-order valence-corrected chi connectivity index (χ3v) is 5.18. The van der Waals surface area contributed by atoms with E-state index < -0.39 is 0 Å². The number of hydrogen-bond donors (Lipinski definition) is 2. The minimum atomic E-state index is 0.923. The maximum atomic E-state index is 3.57. The predicted molar refractivity (Wildman–Crippen MR) is 123 cm³/mol. The summed E-state index contributed by atoms with van der Waals surface area (Å²) in [5, 5.41) is 2.61. The third-order valence-electron chi connectivity index (χ3n) is 5.18. The van der Waals surface area contributed by atoms with Gasteiger partial charge >= 0.3 is 0 Å². The Morgan fingerprint density at radius 1 is 0.586 bits per heavy atom. The number of nitrogens with zero attached hydrogens (tertiary/aromatic N) is 2. The van der Waals surface area contributed by atoms with Crippen LogP contribution >= 0.6 is 0 Å². The summed E-state index contributed by atoms with van der Waals surface area (Å²) >= 11 is 0. The molecule has 2 N–H and O–H groups in total. The molecule has 0 saturated carbocycles. The van der Waals surface area contributed by atoms with Crippen molar-refractivity contribution in [2.45, 2.75) is 19.5 Å². The molecule has 4 heteroatoms. The Kier molecular flexibility index (Phi) is 4.80. The van der Waals surface area contributed by atoms with Crippen LogP contribution in [0.5, 0.6) is 0 Å². The van der Waals surface area contributed by atoms with E-state index in [4.69, 9.17) is 0 Å². The SMILES string of the molecule is C[N+](C)(C)Cc1cc2cc(Cc3ccc4[nH]c(C[N+](C)(C)C)cc4c3)ccc2[nH]1. The molecule has 0 amide bonds. The molecule has 152 valence electrons. The zero-order valence-corrected chi connectivity index (χ0v) is 18.6. The number of H-pyrrole nitrogens is 2. The van der Waals surface area contributed by atoms with E-state index in [0.29, 0.717) is 0 Å². The molecule has 4 nitrogen and oxygen atoms in total. The Morgan fingerprint density at radius 3 is 1.38 bits per heavy atom. The van der Waals surface area contributed by atoms with Gasteiger partial charge in [0.05, 0.1) is 53.7 Å². The van der Waals surface area contributed by atoms with Crippen LogP contribution in [0.3, 0.4) is 0 Å². The fourth-order valence-corrected chi connectivity index (χ4v) is 4.13. The highest BCUT2D eigenvalue weighted by atomic mass is 15.3. The minimum Gasteiger partial charge on any atom is -0.354 e. The zero-order valence-electron chi connectivity index (χ0n) is 18.6. The van der Waals surface area contributed by atoms with Crippen LogP contribution < -0.4 is 0 Å². The Morgan fingerprint density at radius 2 is 1.00 bits per heavy atom. The zero-order chi connectivity index (χ0) is 20.8. The van der Waals surface area contributed by atoms with Crippen molar-refractivity contribution in [2.24, 2.45) is 0 Å². The Labute approximate surface area is 173 Å². The molecule has 0 spiro atoms. The van der Waals surface area contributed by atoms with Gasteiger partial charge in [0.15, 0.2) is 0 Å². The van der Waals surface area contributed by atoms with Crippen molar-refractivity contribution in [3.05, 3.63) is 71.0 Å². The monoisotopic (exact) mass is 390 g/mol. The molecule has 0 radical (unpaired) electrons. The van der Waals surface area contributed by atoms with Gasteiger partial charge in [0.1, 0.15) is 13.1 Å². The molecule has 0 fully saturated rings. The van der Waals surface area contributed by atoms with Gasteiger partial charge in [0.2, 0.25) is 0 Å². The Bertz CT molecular complexity index is 1060. The van der Waals surface area contributed by atoms with Gasteiger partial charge in [-0.3, -0.25) is 0 Å². The van der Waals surface area contributed by atoms with Crippen molar-refractivity contribution in [3.8, 4) is 0 Å². The van der Waals surface area contributed by atoms with Crippen molar-refractivity contribution >= 4 is 21.8 Å². The predicted octanol–water partition coefficient (Wildman–Crippen LogP) is 4.65. The molecular weight excluding hydrogens is 356 g/mol. The molecule has 2 aromatic carbocycles. The van der Waals surface area contributed by atoms with E-state index in [-0.39, 0.29) is 0 Å². The van der Waals surface area contributed by atoms with Gasteiger partial charge in [0, 0.05) is 21.8 Å². The summed E-state index contributed by atoms with van der Waals surface area (Å²) in [4.78, 5) is 7.13. The first-order valence-corrected chi connectivity index (χ1v) is 10.4. The molecular formula is C25H34N4+2. The molecule has 0 aliphatic heterocycles. The minimum absolute atomic E-state index is 0.923. The molecule has 0 unspecified atom stereocenters. The average Bonchev–Trinajstić information content (AvgIpc) is 3.13. The van der Waals surface area contributed by atoms with Crippen LogP contribution in [0.4, 0.5) is 0 Å². The maximum absolute atomic E-state index is 3.57. The van der Waals surface area contributed by atoms with Crippen molar-refractivity contribution in [1.82, 2.24) is 9.97 Å². The van der Waals surface area contributed by atoms with Gasteiger partial charge in [-0.2, -0.15) is 0 Å². The van der Waals surface area contributed by atoms with Gasteiger partial charge in [-0.05, 0) is 53.9 Å². The molecule has 0 bridgehead atoms. The first-order valence-electron chi connectivity index (χ1n) is 10.4. The number of nitrogens with one attached hydrogen (secondary N) is 2. The fourth-order valence-electron chi connectivity index (χ4n) is 4.13. The summed E-state index contributed by atoms with van der Waals surface area (Å²) < 4.78 is 1.85. The number of rotatable bonds is 6. The van der Waals surface area contributed by atoms with Crippen molar-refractivity contribution in [2.75, 3.05) is 42.3 Å². The average molecular weight is 391 g/mol. The van der Waals surface area contributed by atoms with Gasteiger partial charge in [-0.15, -0.1) is 0 Å². The van der Waals surface area contributed by atoms with Gasteiger partial charge in [0.25, 0.3) is 0 Å². The van der Waals surface area contributed by atoms with Crippen LogP contribution in [-0.4, -0.2) is 61.2 Å². The van der Waals surface area contributed by atoms with Crippen molar-refractivity contribution < 1.29 is 8.97 Å². The highest BCUT2D eigenvalue weighted by molar-refractivity contribution is 5.82. The second-order valence-corrected chi connectivity index (χ2v) is 10.5. The Hall–Kier alpha value is -2.56. The summed E-state index contributed by atoms with van der Waals surface area (Å²) in [6.07, 6.45) is 0.956. The highest BCUT2D eigenvalue weighted by Crippen LogP contribution is 2.23. The van der Waals surface area contributed by atoms with Crippen LogP contribution in [0.15, 0.2) is 48.5 Å². The normalized spacial score (nSPS) is 12.9. The lowest BCUT2D eigenvalue weighted by molar-refractivity contribution is -0.884. The molecule has 0 aliphatic rings. The summed E-state index contributed by atoms with van der Waals surface area (Å²) in [6.45, 7) is 2.01. The molecule has 0 atom stereocenters. The molecule has 2 aromatic heterocycles. The van der Waals surface area contributed by atoms with Crippen LogP contribution in [0.2, 0.25) is 0 Å². The van der Waals surface area contributed by atoms with Crippen molar-refractivity contribution in [3.63, 3.8) is 0 Å². The second kappa shape index (κ2) is 7.05. The number of fused-ring (bicyclic) bond motifs is 2. The van der Waals surface area contributed by atoms with Crippen LogP contribution in [0.1, 0.15) is 22.5 Å². The summed E-state index contributed by atoms with van der Waals surface area (Å²) in [6, 6.07) is 18.2. The fraction of sp³-hybridized carbons (Fsp3) is 0.360. The van der Waals surface area contributed by atoms with Gasteiger partial charge in [-0.25, -0.2) is 0 Å². The first kappa shape index (κ1) is 19.7. The van der Waals surface area contributed by atoms with Crippen molar-refractivity contribution in [1.29, 1.82) is 0 Å². The molecule has 2 heterocycles. The van der Waals surface area contributed by atoms with Crippen LogP contribution in [0, 0.1) is 0 Å². The number of quaternary nitrogens is 2. The van der Waals surface area contributed by atoms with E-state index in [9.17, 15) is 0 Å². The molecule has 29 heavy (non-hydrogen) atoms. The summed E-state index contributed by atoms with van der Waals surface area (Å²) in [7, 11) is 13.3. The maximum Gasteiger partial charge on any atom is 0.119 e. The van der Waals surface area contributed by atoms with E-state index in [2.05, 4.69) is 101 Å². The van der Waals surface area contributed by atoms with Gasteiger partial charge in [-0.1, -0.05) is 12.1 Å². The summed E-state index contributed by atoms with van der Waals surface area (Å²) in [5.74, 6) is 0. The largest absolute Gasteiger partial charge is 0.354 e. The number of benzene rings is 2. The molecule has 0 aliphatic carbocycles. The Balaban J connectivity index is 1.56. The van der Waals surface area contributed by atoms with Crippen LogP contribution in [-0.2, 0) is 19.5 Å². The van der Waals surface area contributed by atoms with Gasteiger partial charge < -0.3 is 18.9 Å². The number of hydrogen-bond acceptors (Lipinski definition) is 0. The quantitative estimate of drug-likeness (QED) is 0.449. The highest BCUT2D eigenvalue weighted by Gasteiger charge is 2.13. The smallest absolute Gasteiger partial charge is 0.119 e. The van der Waals surface area contributed by atoms with E-state index in [1.54, 1.807) is 0 Å². The third kappa shape index (κ3) is 4.89. The number of aromatic amines is 2. The molecule has 4 aromatic rings. The second-order valence-electron chi connectivity index (χ2n) is 10.5. The van der Waals surface area contributed by atoms with E-state index in [1.165, 1.54) is 44.3 Å². The standard InChI is InChI=1S/C25H34N4/c1-28(2,3)16-22-14-20-12-18(7-9-24(20)26-22)11-19-8-10-25-21(13-19)15-23(27-25)17-29(4,5)6/h7-10,12-15,26-27H,11,16-17H2,1-6H3/q+2. The summed E-state index contributed by atoms with van der Waals surface area (Å²) in [5.41, 5.74) is 7.75. The lowest BCUT2D eigenvalue weighted by Gasteiger charge is -2.22. The van der Waals surface area contributed by atoms with E-state index in [0.717, 1.165) is 28.5 Å². The van der Waals surface area contributed by atoms with E-state index >= 15 is 0 Å². The molecule has 4 rings (SSSR count). The topological polar surface area (TPSA) is 31.6 Å². The molecule has 0 saturated heterocycles. The number of aromatic nitrogens is 2. The van der Waals surface area contributed by atoms with E-state index in [1.807, 2.05) is 0 Å². The van der Waals surface area contributed by atoms with Crippen LogP contribution in [0.25, 0.3) is 21.8 Å².